The molecule has 0 spiro atoms. The number of cyclic esters (lactones) is 2. The number of ether oxygens (including phenoxy) is 2. The predicted molar refractivity (Wildman–Crippen MR) is 103 cm³/mol. The summed E-state index contributed by atoms with van der Waals surface area (Å²) in [5, 5.41) is 13.9. The van der Waals surface area contributed by atoms with Crippen molar-refractivity contribution in [2.24, 2.45) is 0 Å². The van der Waals surface area contributed by atoms with Crippen molar-refractivity contribution in [1.29, 1.82) is 0 Å². The third-order valence-corrected chi connectivity index (χ3v) is 4.37. The predicted octanol–water partition coefficient (Wildman–Crippen LogP) is 2.24. The van der Waals surface area contributed by atoms with Crippen molar-refractivity contribution in [2.45, 2.75) is 32.8 Å². The van der Waals surface area contributed by atoms with E-state index in [-0.39, 0.29) is 34.2 Å². The lowest BCUT2D eigenvalue weighted by molar-refractivity contribution is -0.154. The summed E-state index contributed by atoms with van der Waals surface area (Å²) in [6, 6.07) is 4.06. The minimum Gasteiger partial charge on any atom is -0.460 e. The zero-order chi connectivity index (χ0) is 21.2. The van der Waals surface area contributed by atoms with Crippen LogP contribution in [-0.2, 0) is 14.3 Å². The number of esters is 3. The molecule has 0 aliphatic carbocycles. The molecule has 1 aliphatic rings. The molecule has 2 N–H and O–H groups in total. The van der Waals surface area contributed by atoms with Crippen LogP contribution in [-0.4, -0.2) is 46.2 Å². The Labute approximate surface area is 169 Å². The van der Waals surface area contributed by atoms with E-state index < -0.39 is 23.4 Å². The van der Waals surface area contributed by atoms with Crippen molar-refractivity contribution in [3.05, 3.63) is 34.9 Å². The molecule has 1 amide bonds. The fourth-order valence-corrected chi connectivity index (χ4v) is 3.07. The molecular weight excluding hydrogens is 400 g/mol. The van der Waals surface area contributed by atoms with E-state index in [0.717, 1.165) is 11.3 Å². The minimum absolute atomic E-state index is 0.0458. The van der Waals surface area contributed by atoms with Gasteiger partial charge in [0.05, 0.1) is 17.5 Å². The number of rotatable bonds is 6. The van der Waals surface area contributed by atoms with Crippen molar-refractivity contribution in [3.63, 3.8) is 0 Å². The highest BCUT2D eigenvalue weighted by atomic mass is 32.1. The number of nitrogens with one attached hydrogen (secondary N) is 2. The Morgan fingerprint density at radius 3 is 2.52 bits per heavy atom. The Balaban J connectivity index is 1.54. The van der Waals surface area contributed by atoms with Crippen LogP contribution in [0.5, 0.6) is 0 Å². The van der Waals surface area contributed by atoms with Crippen molar-refractivity contribution < 1.29 is 28.7 Å². The van der Waals surface area contributed by atoms with E-state index in [2.05, 4.69) is 25.6 Å². The Morgan fingerprint density at radius 1 is 1.10 bits per heavy atom. The summed E-state index contributed by atoms with van der Waals surface area (Å²) < 4.78 is 9.70. The molecule has 0 bridgehead atoms. The summed E-state index contributed by atoms with van der Waals surface area (Å²) in [6.07, 6.45) is 0.155. The molecule has 11 heteroatoms. The smallest absolute Gasteiger partial charge is 0.346 e. The summed E-state index contributed by atoms with van der Waals surface area (Å²) in [4.78, 5) is 47.1. The zero-order valence-electron chi connectivity index (χ0n) is 15.9. The van der Waals surface area contributed by atoms with Gasteiger partial charge in [-0.15, -0.1) is 10.2 Å². The second-order valence-corrected chi connectivity index (χ2v) is 8.04. The maximum absolute atomic E-state index is 12.4. The van der Waals surface area contributed by atoms with Crippen LogP contribution in [0, 0.1) is 0 Å². The highest BCUT2D eigenvalue weighted by Gasteiger charge is 2.30. The van der Waals surface area contributed by atoms with Crippen molar-refractivity contribution in [2.75, 3.05) is 17.2 Å². The van der Waals surface area contributed by atoms with E-state index >= 15 is 0 Å². The normalized spacial score (nSPS) is 12.9. The van der Waals surface area contributed by atoms with Crippen LogP contribution < -0.4 is 10.6 Å². The van der Waals surface area contributed by atoms with Crippen LogP contribution in [0.15, 0.2) is 18.2 Å². The van der Waals surface area contributed by atoms with Crippen molar-refractivity contribution in [1.82, 2.24) is 10.2 Å². The number of nitrogens with zero attached hydrogens (tertiary/aromatic N) is 2. The van der Waals surface area contributed by atoms with Gasteiger partial charge < -0.3 is 14.8 Å². The SMILES string of the molecule is CC(C)(C)OC(=O)CCNc1nnc(NC(=O)c2ccc3c(c2)C(=O)OC3=O)s1. The topological polar surface area (TPSA) is 137 Å². The Hall–Kier alpha value is -3.34. The average Bonchev–Trinajstić information content (AvgIpc) is 3.17. The maximum atomic E-state index is 12.4. The lowest BCUT2D eigenvalue weighted by atomic mass is 10.1. The Bertz CT molecular complexity index is 994. The molecule has 29 heavy (non-hydrogen) atoms. The maximum Gasteiger partial charge on any atom is 0.346 e. The summed E-state index contributed by atoms with van der Waals surface area (Å²) in [6.45, 7) is 5.68. The molecule has 152 valence electrons. The molecule has 0 saturated heterocycles. The summed E-state index contributed by atoms with van der Waals surface area (Å²) in [5.41, 5.74) is -0.202. The van der Waals surface area contributed by atoms with Gasteiger partial charge in [0.25, 0.3) is 5.91 Å². The van der Waals surface area contributed by atoms with Gasteiger partial charge in [0.1, 0.15) is 5.60 Å². The molecule has 0 atom stereocenters. The first kappa shape index (κ1) is 20.4. The Morgan fingerprint density at radius 2 is 1.79 bits per heavy atom. The summed E-state index contributed by atoms with van der Waals surface area (Å²) in [7, 11) is 0. The van der Waals surface area contributed by atoms with Gasteiger partial charge >= 0.3 is 17.9 Å². The number of amides is 1. The molecular formula is C18H18N4O6S. The third kappa shape index (κ3) is 5.13. The number of carbonyl (C=O) groups is 4. The third-order valence-electron chi connectivity index (χ3n) is 3.58. The van der Waals surface area contributed by atoms with Gasteiger partial charge in [0.2, 0.25) is 10.3 Å². The van der Waals surface area contributed by atoms with Gasteiger partial charge in [-0.2, -0.15) is 0 Å². The summed E-state index contributed by atoms with van der Waals surface area (Å²) in [5.74, 6) is -2.37. The standard InChI is InChI=1S/C18H18N4O6S/c1-18(2,3)28-12(23)6-7-19-16-21-22-17(29-16)20-13(24)9-4-5-10-11(8-9)15(26)27-14(10)25/h4-5,8H,6-7H2,1-3H3,(H,19,21)(H,20,22,24). The minimum atomic E-state index is -0.785. The first-order valence-corrected chi connectivity index (χ1v) is 9.45. The molecule has 1 aromatic carbocycles. The fourth-order valence-electron chi connectivity index (χ4n) is 2.41. The first-order chi connectivity index (χ1) is 13.6. The largest absolute Gasteiger partial charge is 0.460 e. The van der Waals surface area contributed by atoms with E-state index in [1.807, 2.05) is 0 Å². The van der Waals surface area contributed by atoms with Gasteiger partial charge in [0.15, 0.2) is 0 Å². The number of carbonyl (C=O) groups excluding carboxylic acids is 4. The van der Waals surface area contributed by atoms with E-state index in [4.69, 9.17) is 4.74 Å². The van der Waals surface area contributed by atoms with Crippen LogP contribution in [0.4, 0.5) is 10.3 Å². The number of hydrogen-bond donors (Lipinski definition) is 2. The van der Waals surface area contributed by atoms with Crippen LogP contribution in [0.2, 0.25) is 0 Å². The molecule has 2 heterocycles. The number of anilines is 2. The van der Waals surface area contributed by atoms with Crippen LogP contribution in [0.25, 0.3) is 0 Å². The fraction of sp³-hybridized carbons (Fsp3) is 0.333. The van der Waals surface area contributed by atoms with Gasteiger partial charge in [0, 0.05) is 12.1 Å². The molecule has 0 unspecified atom stereocenters. The molecule has 1 aliphatic heterocycles. The second kappa shape index (κ2) is 7.95. The van der Waals surface area contributed by atoms with Crippen molar-refractivity contribution in [3.8, 4) is 0 Å². The van der Waals surface area contributed by atoms with Gasteiger partial charge in [-0.3, -0.25) is 14.9 Å². The zero-order valence-corrected chi connectivity index (χ0v) is 16.7. The molecule has 3 rings (SSSR count). The molecule has 1 aromatic heterocycles. The second-order valence-electron chi connectivity index (χ2n) is 7.07. The van der Waals surface area contributed by atoms with Gasteiger partial charge in [-0.25, -0.2) is 9.59 Å². The van der Waals surface area contributed by atoms with E-state index in [9.17, 15) is 19.2 Å². The molecule has 2 aromatic rings. The van der Waals surface area contributed by atoms with Gasteiger partial charge in [-0.1, -0.05) is 11.3 Å². The number of aromatic nitrogens is 2. The van der Waals surface area contributed by atoms with E-state index in [1.165, 1.54) is 18.2 Å². The summed E-state index contributed by atoms with van der Waals surface area (Å²) >= 11 is 1.08. The average molecular weight is 418 g/mol. The van der Waals surface area contributed by atoms with Crippen LogP contribution in [0.3, 0.4) is 0 Å². The van der Waals surface area contributed by atoms with Crippen molar-refractivity contribution >= 4 is 45.4 Å². The highest BCUT2D eigenvalue weighted by Crippen LogP contribution is 2.23. The van der Waals surface area contributed by atoms with Crippen LogP contribution in [0.1, 0.15) is 58.3 Å². The molecule has 0 fully saturated rings. The van der Waals surface area contributed by atoms with Crippen LogP contribution >= 0.6 is 11.3 Å². The lowest BCUT2D eigenvalue weighted by Gasteiger charge is -2.19. The first-order valence-electron chi connectivity index (χ1n) is 8.63. The van der Waals surface area contributed by atoms with E-state index in [0.29, 0.717) is 11.7 Å². The van der Waals surface area contributed by atoms with Gasteiger partial charge in [-0.05, 0) is 39.0 Å². The lowest BCUT2D eigenvalue weighted by Crippen LogP contribution is -2.25. The number of benzene rings is 1. The number of hydrogen-bond acceptors (Lipinski definition) is 10. The Kier molecular flexibility index (Phi) is 5.59. The highest BCUT2D eigenvalue weighted by molar-refractivity contribution is 7.19. The molecule has 10 nitrogen and oxygen atoms in total. The number of fused-ring (bicyclic) bond motifs is 1. The van der Waals surface area contributed by atoms with E-state index in [1.54, 1.807) is 20.8 Å². The molecule has 0 saturated carbocycles. The monoisotopic (exact) mass is 418 g/mol. The quantitative estimate of drug-likeness (QED) is 0.534. The molecule has 0 radical (unpaired) electrons.